The van der Waals surface area contributed by atoms with Gasteiger partial charge in [-0.25, -0.2) is 4.98 Å². The molecular formula is C15H18N2O3S. The van der Waals surface area contributed by atoms with Crippen molar-refractivity contribution in [2.24, 2.45) is 5.92 Å². The smallest absolute Gasteiger partial charge is 0.308 e. The summed E-state index contributed by atoms with van der Waals surface area (Å²) >= 11 is 1.41. The van der Waals surface area contributed by atoms with Crippen LogP contribution in [0.3, 0.4) is 0 Å². The van der Waals surface area contributed by atoms with Gasteiger partial charge in [0.05, 0.1) is 16.1 Å². The second-order valence-corrected chi connectivity index (χ2v) is 6.29. The van der Waals surface area contributed by atoms with Gasteiger partial charge in [-0.2, -0.15) is 0 Å². The molecule has 1 aromatic heterocycles. The molecule has 0 aliphatic carbocycles. The minimum Gasteiger partial charge on any atom is -0.455 e. The Kier molecular flexibility index (Phi) is 4.57. The normalized spacial score (nSPS) is 10.9. The number of ether oxygens (including phenoxy) is 1. The number of thiazole rings is 1. The third-order valence-corrected chi connectivity index (χ3v) is 3.81. The molecule has 6 heteroatoms. The van der Waals surface area contributed by atoms with E-state index >= 15 is 0 Å². The Morgan fingerprint density at radius 1 is 1.33 bits per heavy atom. The van der Waals surface area contributed by atoms with Crippen LogP contribution in [0.2, 0.25) is 0 Å². The van der Waals surface area contributed by atoms with Crippen molar-refractivity contribution in [1.82, 2.24) is 4.98 Å². The summed E-state index contributed by atoms with van der Waals surface area (Å²) in [5.41, 5.74) is 3.13. The number of carbonyl (C=O) groups excluding carboxylic acids is 2. The Bertz CT molecular complexity index is 692. The van der Waals surface area contributed by atoms with E-state index in [-0.39, 0.29) is 24.4 Å². The lowest BCUT2D eigenvalue weighted by atomic mass is 10.1. The number of esters is 1. The van der Waals surface area contributed by atoms with Gasteiger partial charge < -0.3 is 4.74 Å². The summed E-state index contributed by atoms with van der Waals surface area (Å²) in [6.07, 6.45) is 0. The predicted octanol–water partition coefficient (Wildman–Crippen LogP) is 3.05. The number of anilines is 1. The standard InChI is InChI=1S/C15H18N2O3S/c1-8(2)14(19)20-7-12(18)16-15-17-13-10(4)5-9(3)6-11(13)21-15/h5-6,8H,7H2,1-4H3,(H,16,17,18). The topological polar surface area (TPSA) is 68.3 Å². The van der Waals surface area contributed by atoms with Gasteiger partial charge in [0.2, 0.25) is 0 Å². The molecule has 1 N–H and O–H groups in total. The summed E-state index contributed by atoms with van der Waals surface area (Å²) in [6, 6.07) is 4.09. The van der Waals surface area contributed by atoms with Crippen LogP contribution >= 0.6 is 11.3 Å². The number of carbonyl (C=O) groups is 2. The van der Waals surface area contributed by atoms with Gasteiger partial charge in [0.1, 0.15) is 0 Å². The van der Waals surface area contributed by atoms with E-state index < -0.39 is 0 Å². The first-order valence-electron chi connectivity index (χ1n) is 6.71. The van der Waals surface area contributed by atoms with Gasteiger partial charge in [-0.15, -0.1) is 0 Å². The number of rotatable bonds is 4. The molecule has 0 saturated carbocycles. The average Bonchev–Trinajstić information content (AvgIpc) is 2.78. The molecule has 1 aromatic carbocycles. The molecule has 0 saturated heterocycles. The molecule has 0 spiro atoms. The fourth-order valence-electron chi connectivity index (χ4n) is 1.88. The molecular weight excluding hydrogens is 288 g/mol. The van der Waals surface area contributed by atoms with Crippen LogP contribution in [0.1, 0.15) is 25.0 Å². The van der Waals surface area contributed by atoms with Crippen molar-refractivity contribution in [2.45, 2.75) is 27.7 Å². The maximum Gasteiger partial charge on any atom is 0.308 e. The number of hydrogen-bond donors (Lipinski definition) is 1. The Balaban J connectivity index is 2.05. The largest absolute Gasteiger partial charge is 0.455 e. The highest BCUT2D eigenvalue weighted by atomic mass is 32.1. The lowest BCUT2D eigenvalue weighted by molar-refractivity contribution is -0.150. The van der Waals surface area contributed by atoms with E-state index in [1.807, 2.05) is 19.9 Å². The van der Waals surface area contributed by atoms with Gasteiger partial charge in [0.25, 0.3) is 5.91 Å². The van der Waals surface area contributed by atoms with E-state index in [9.17, 15) is 9.59 Å². The van der Waals surface area contributed by atoms with Gasteiger partial charge in [-0.05, 0) is 31.0 Å². The number of fused-ring (bicyclic) bond motifs is 1. The van der Waals surface area contributed by atoms with Crippen LogP contribution in [0.5, 0.6) is 0 Å². The quantitative estimate of drug-likeness (QED) is 0.882. The molecule has 0 unspecified atom stereocenters. The first-order chi connectivity index (χ1) is 9.86. The number of benzene rings is 1. The van der Waals surface area contributed by atoms with Crippen LogP contribution in [0.25, 0.3) is 10.2 Å². The lowest BCUT2D eigenvalue weighted by Gasteiger charge is -2.06. The fourth-order valence-corrected chi connectivity index (χ4v) is 2.94. The fraction of sp³-hybridized carbons (Fsp3) is 0.400. The second-order valence-electron chi connectivity index (χ2n) is 5.26. The number of hydrogen-bond acceptors (Lipinski definition) is 5. The van der Waals surface area contributed by atoms with Crippen LogP contribution in [-0.2, 0) is 14.3 Å². The van der Waals surface area contributed by atoms with E-state index in [1.165, 1.54) is 11.3 Å². The lowest BCUT2D eigenvalue weighted by Crippen LogP contribution is -2.22. The van der Waals surface area contributed by atoms with Gasteiger partial charge in [0.15, 0.2) is 11.7 Å². The van der Waals surface area contributed by atoms with E-state index in [1.54, 1.807) is 13.8 Å². The van der Waals surface area contributed by atoms with E-state index in [0.29, 0.717) is 5.13 Å². The van der Waals surface area contributed by atoms with Crippen LogP contribution in [0.15, 0.2) is 12.1 Å². The number of amides is 1. The van der Waals surface area contributed by atoms with E-state index in [2.05, 4.69) is 16.4 Å². The number of aromatic nitrogens is 1. The van der Waals surface area contributed by atoms with Crippen LogP contribution in [0.4, 0.5) is 5.13 Å². The van der Waals surface area contributed by atoms with Crippen LogP contribution < -0.4 is 5.32 Å². The number of nitrogens with zero attached hydrogens (tertiary/aromatic N) is 1. The van der Waals surface area contributed by atoms with Crippen LogP contribution in [0, 0.1) is 19.8 Å². The number of nitrogens with one attached hydrogen (secondary N) is 1. The molecule has 21 heavy (non-hydrogen) atoms. The molecule has 5 nitrogen and oxygen atoms in total. The summed E-state index contributed by atoms with van der Waals surface area (Å²) in [5.74, 6) is -1.01. The molecule has 0 aliphatic heterocycles. The Morgan fingerprint density at radius 3 is 2.71 bits per heavy atom. The van der Waals surface area contributed by atoms with Crippen molar-refractivity contribution in [2.75, 3.05) is 11.9 Å². The SMILES string of the molecule is Cc1cc(C)c2nc(NC(=O)COC(=O)C(C)C)sc2c1. The van der Waals surface area contributed by atoms with Gasteiger partial charge in [-0.3, -0.25) is 14.9 Å². The third-order valence-electron chi connectivity index (χ3n) is 2.89. The Hall–Kier alpha value is -1.95. The predicted molar refractivity (Wildman–Crippen MR) is 83.5 cm³/mol. The Labute approximate surface area is 127 Å². The average molecular weight is 306 g/mol. The summed E-state index contributed by atoms with van der Waals surface area (Å²) in [6.45, 7) is 7.17. The maximum atomic E-state index is 11.7. The summed E-state index contributed by atoms with van der Waals surface area (Å²) < 4.78 is 5.91. The molecule has 0 aliphatic rings. The van der Waals surface area contributed by atoms with Gasteiger partial charge in [-0.1, -0.05) is 31.3 Å². The van der Waals surface area contributed by atoms with Crippen molar-refractivity contribution in [3.05, 3.63) is 23.3 Å². The summed E-state index contributed by atoms with van der Waals surface area (Å²) in [5, 5.41) is 3.18. The molecule has 2 aromatic rings. The molecule has 112 valence electrons. The highest BCUT2D eigenvalue weighted by Crippen LogP contribution is 2.29. The first kappa shape index (κ1) is 15.4. The van der Waals surface area contributed by atoms with Crippen molar-refractivity contribution in [3.8, 4) is 0 Å². The zero-order valence-corrected chi connectivity index (χ0v) is 13.3. The van der Waals surface area contributed by atoms with E-state index in [4.69, 9.17) is 4.74 Å². The van der Waals surface area contributed by atoms with Crippen molar-refractivity contribution in [3.63, 3.8) is 0 Å². The minimum absolute atomic E-state index is 0.245. The molecule has 2 rings (SSSR count). The van der Waals surface area contributed by atoms with E-state index in [0.717, 1.165) is 21.3 Å². The minimum atomic E-state index is -0.388. The van der Waals surface area contributed by atoms with Crippen molar-refractivity contribution < 1.29 is 14.3 Å². The second kappa shape index (κ2) is 6.22. The zero-order valence-electron chi connectivity index (χ0n) is 12.5. The molecule has 0 atom stereocenters. The third kappa shape index (κ3) is 3.78. The molecule has 1 amide bonds. The van der Waals surface area contributed by atoms with Gasteiger partial charge in [0, 0.05) is 0 Å². The molecule has 0 fully saturated rings. The summed E-state index contributed by atoms with van der Waals surface area (Å²) in [7, 11) is 0. The monoisotopic (exact) mass is 306 g/mol. The molecule has 0 bridgehead atoms. The van der Waals surface area contributed by atoms with Crippen LogP contribution in [-0.4, -0.2) is 23.5 Å². The molecule has 1 heterocycles. The molecule has 0 radical (unpaired) electrons. The highest BCUT2D eigenvalue weighted by molar-refractivity contribution is 7.22. The van der Waals surface area contributed by atoms with Gasteiger partial charge >= 0.3 is 5.97 Å². The van der Waals surface area contributed by atoms with Crippen molar-refractivity contribution >= 4 is 38.6 Å². The number of aryl methyl sites for hydroxylation is 2. The highest BCUT2D eigenvalue weighted by Gasteiger charge is 2.13. The first-order valence-corrected chi connectivity index (χ1v) is 7.52. The maximum absolute atomic E-state index is 11.7. The summed E-state index contributed by atoms with van der Waals surface area (Å²) in [4.78, 5) is 27.5. The van der Waals surface area contributed by atoms with Crippen molar-refractivity contribution in [1.29, 1.82) is 0 Å². The zero-order chi connectivity index (χ0) is 15.6. The Morgan fingerprint density at radius 2 is 2.05 bits per heavy atom.